The fourth-order valence-corrected chi connectivity index (χ4v) is 2.43. The SMILES string of the molecule is NCC(c1ccccc1F)C1CCCOC1. The predicted molar refractivity (Wildman–Crippen MR) is 61.7 cm³/mol. The first-order valence-corrected chi connectivity index (χ1v) is 5.85. The molecule has 0 amide bonds. The molecule has 2 atom stereocenters. The average Bonchev–Trinajstić information content (AvgIpc) is 2.34. The van der Waals surface area contributed by atoms with Crippen molar-refractivity contribution >= 4 is 0 Å². The Labute approximate surface area is 95.6 Å². The van der Waals surface area contributed by atoms with Gasteiger partial charge in [-0.25, -0.2) is 4.39 Å². The number of halogens is 1. The van der Waals surface area contributed by atoms with E-state index in [0.717, 1.165) is 25.0 Å². The molecule has 1 aliphatic rings. The minimum absolute atomic E-state index is 0.0847. The van der Waals surface area contributed by atoms with Crippen molar-refractivity contribution in [1.29, 1.82) is 0 Å². The maximum atomic E-state index is 13.7. The molecule has 0 saturated carbocycles. The highest BCUT2D eigenvalue weighted by Gasteiger charge is 2.26. The molecule has 1 saturated heterocycles. The first-order chi connectivity index (χ1) is 7.83. The summed E-state index contributed by atoms with van der Waals surface area (Å²) in [6, 6.07) is 6.91. The van der Waals surface area contributed by atoms with Gasteiger partial charge in [-0.1, -0.05) is 18.2 Å². The highest BCUT2D eigenvalue weighted by molar-refractivity contribution is 5.23. The summed E-state index contributed by atoms with van der Waals surface area (Å²) in [5.41, 5.74) is 6.52. The lowest BCUT2D eigenvalue weighted by molar-refractivity contribution is 0.0446. The topological polar surface area (TPSA) is 35.2 Å². The number of ether oxygens (including phenoxy) is 1. The van der Waals surface area contributed by atoms with Crippen LogP contribution in [0.1, 0.15) is 24.3 Å². The largest absolute Gasteiger partial charge is 0.381 e. The van der Waals surface area contributed by atoms with E-state index < -0.39 is 0 Å². The summed E-state index contributed by atoms with van der Waals surface area (Å²) in [4.78, 5) is 0. The van der Waals surface area contributed by atoms with E-state index >= 15 is 0 Å². The quantitative estimate of drug-likeness (QED) is 0.853. The van der Waals surface area contributed by atoms with Gasteiger partial charge in [0, 0.05) is 12.5 Å². The number of benzene rings is 1. The monoisotopic (exact) mass is 223 g/mol. The first-order valence-electron chi connectivity index (χ1n) is 5.85. The van der Waals surface area contributed by atoms with Crippen LogP contribution >= 0.6 is 0 Å². The fourth-order valence-electron chi connectivity index (χ4n) is 2.43. The molecule has 2 nitrogen and oxygen atoms in total. The van der Waals surface area contributed by atoms with Crippen LogP contribution in [0.5, 0.6) is 0 Å². The molecule has 88 valence electrons. The minimum atomic E-state index is -0.150. The average molecular weight is 223 g/mol. The highest BCUT2D eigenvalue weighted by atomic mass is 19.1. The van der Waals surface area contributed by atoms with Gasteiger partial charge in [-0.05, 0) is 36.9 Å². The summed E-state index contributed by atoms with van der Waals surface area (Å²) < 4.78 is 19.1. The Kier molecular flexibility index (Phi) is 3.91. The van der Waals surface area contributed by atoms with Crippen LogP contribution in [-0.4, -0.2) is 19.8 Å². The van der Waals surface area contributed by atoms with Gasteiger partial charge in [0.15, 0.2) is 0 Å². The molecule has 3 heteroatoms. The molecule has 2 N–H and O–H groups in total. The second kappa shape index (κ2) is 5.41. The Hall–Kier alpha value is -0.930. The molecule has 16 heavy (non-hydrogen) atoms. The molecule has 0 bridgehead atoms. The first kappa shape index (κ1) is 11.6. The van der Waals surface area contributed by atoms with Crippen LogP contribution in [0.25, 0.3) is 0 Å². The van der Waals surface area contributed by atoms with Crippen molar-refractivity contribution in [2.45, 2.75) is 18.8 Å². The summed E-state index contributed by atoms with van der Waals surface area (Å²) in [5.74, 6) is 0.292. The molecule has 0 spiro atoms. The van der Waals surface area contributed by atoms with E-state index in [9.17, 15) is 4.39 Å². The van der Waals surface area contributed by atoms with Crippen LogP contribution in [0.3, 0.4) is 0 Å². The van der Waals surface area contributed by atoms with Gasteiger partial charge in [0.05, 0.1) is 6.61 Å². The highest BCUT2D eigenvalue weighted by Crippen LogP contribution is 2.31. The number of nitrogens with two attached hydrogens (primary N) is 1. The van der Waals surface area contributed by atoms with Crippen molar-refractivity contribution in [1.82, 2.24) is 0 Å². The molecular weight excluding hydrogens is 205 g/mol. The molecular formula is C13H18FNO. The van der Waals surface area contributed by atoms with Gasteiger partial charge in [-0.2, -0.15) is 0 Å². The second-order valence-electron chi connectivity index (χ2n) is 4.34. The van der Waals surface area contributed by atoms with Crippen molar-refractivity contribution in [2.24, 2.45) is 11.7 Å². The van der Waals surface area contributed by atoms with Crippen LogP contribution in [0.4, 0.5) is 4.39 Å². The molecule has 0 aliphatic carbocycles. The smallest absolute Gasteiger partial charge is 0.126 e. The molecule has 1 aromatic carbocycles. The Bertz CT molecular complexity index is 336. The standard InChI is InChI=1S/C13H18FNO/c14-13-6-2-1-5-11(13)12(8-15)10-4-3-7-16-9-10/h1-2,5-6,10,12H,3-4,7-9,15H2. The Morgan fingerprint density at radius 1 is 1.44 bits per heavy atom. The third kappa shape index (κ3) is 2.42. The summed E-state index contributed by atoms with van der Waals surface area (Å²) in [7, 11) is 0. The lowest BCUT2D eigenvalue weighted by atomic mass is 9.82. The Balaban J connectivity index is 2.18. The lowest BCUT2D eigenvalue weighted by Crippen LogP contribution is -2.29. The fraction of sp³-hybridized carbons (Fsp3) is 0.538. The van der Waals surface area contributed by atoms with Gasteiger partial charge in [0.25, 0.3) is 0 Å². The molecule has 0 aromatic heterocycles. The summed E-state index contributed by atoms with van der Waals surface area (Å²) in [6.07, 6.45) is 2.13. The van der Waals surface area contributed by atoms with Gasteiger partial charge in [-0.15, -0.1) is 0 Å². The molecule has 1 aromatic rings. The third-order valence-corrected chi connectivity index (χ3v) is 3.32. The number of hydrogen-bond acceptors (Lipinski definition) is 2. The molecule has 1 fully saturated rings. The van der Waals surface area contributed by atoms with E-state index in [1.54, 1.807) is 6.07 Å². The van der Waals surface area contributed by atoms with Crippen molar-refractivity contribution < 1.29 is 9.13 Å². The Morgan fingerprint density at radius 2 is 2.25 bits per heavy atom. The molecule has 0 radical (unpaired) electrons. The third-order valence-electron chi connectivity index (χ3n) is 3.32. The molecule has 1 heterocycles. The van der Waals surface area contributed by atoms with E-state index in [-0.39, 0.29) is 11.7 Å². The summed E-state index contributed by atoms with van der Waals surface area (Å²) in [5, 5.41) is 0. The summed E-state index contributed by atoms with van der Waals surface area (Å²) in [6.45, 7) is 2.01. The zero-order valence-corrected chi connectivity index (χ0v) is 9.36. The van der Waals surface area contributed by atoms with Crippen molar-refractivity contribution in [3.63, 3.8) is 0 Å². The van der Waals surface area contributed by atoms with Crippen LogP contribution in [-0.2, 0) is 4.74 Å². The molecule has 2 unspecified atom stereocenters. The second-order valence-corrected chi connectivity index (χ2v) is 4.34. The molecule has 1 aliphatic heterocycles. The van der Waals surface area contributed by atoms with E-state index in [1.165, 1.54) is 6.07 Å². The van der Waals surface area contributed by atoms with Gasteiger partial charge < -0.3 is 10.5 Å². The summed E-state index contributed by atoms with van der Waals surface area (Å²) >= 11 is 0. The maximum Gasteiger partial charge on any atom is 0.126 e. The number of rotatable bonds is 3. The van der Waals surface area contributed by atoms with E-state index in [4.69, 9.17) is 10.5 Å². The Morgan fingerprint density at radius 3 is 2.88 bits per heavy atom. The van der Waals surface area contributed by atoms with Gasteiger partial charge in [-0.3, -0.25) is 0 Å². The normalized spacial score (nSPS) is 23.0. The van der Waals surface area contributed by atoms with Crippen molar-refractivity contribution in [3.8, 4) is 0 Å². The van der Waals surface area contributed by atoms with Gasteiger partial charge in [0.2, 0.25) is 0 Å². The maximum absolute atomic E-state index is 13.7. The lowest BCUT2D eigenvalue weighted by Gasteiger charge is -2.29. The van der Waals surface area contributed by atoms with Crippen LogP contribution < -0.4 is 5.73 Å². The zero-order chi connectivity index (χ0) is 11.4. The number of hydrogen-bond donors (Lipinski definition) is 1. The molecule has 2 rings (SSSR count). The van der Waals surface area contributed by atoms with E-state index in [0.29, 0.717) is 19.1 Å². The zero-order valence-electron chi connectivity index (χ0n) is 9.36. The van der Waals surface area contributed by atoms with Crippen molar-refractivity contribution in [3.05, 3.63) is 35.6 Å². The van der Waals surface area contributed by atoms with Crippen LogP contribution in [0.15, 0.2) is 24.3 Å². The van der Waals surface area contributed by atoms with Crippen LogP contribution in [0, 0.1) is 11.7 Å². The van der Waals surface area contributed by atoms with E-state index in [2.05, 4.69) is 0 Å². The van der Waals surface area contributed by atoms with Crippen LogP contribution in [0.2, 0.25) is 0 Å². The van der Waals surface area contributed by atoms with Crippen molar-refractivity contribution in [2.75, 3.05) is 19.8 Å². The van der Waals surface area contributed by atoms with Gasteiger partial charge in [0.1, 0.15) is 5.82 Å². The minimum Gasteiger partial charge on any atom is -0.381 e. The van der Waals surface area contributed by atoms with E-state index in [1.807, 2.05) is 12.1 Å². The predicted octanol–water partition coefficient (Wildman–Crippen LogP) is 2.29. The van der Waals surface area contributed by atoms with Gasteiger partial charge >= 0.3 is 0 Å².